The lowest BCUT2D eigenvalue weighted by Crippen LogP contribution is -2.26. The van der Waals surface area contributed by atoms with Crippen LogP contribution < -0.4 is 5.32 Å². The molecule has 1 unspecified atom stereocenters. The first kappa shape index (κ1) is 13.9. The largest absolute Gasteiger partial charge is 0.314 e. The van der Waals surface area contributed by atoms with Gasteiger partial charge in [0.1, 0.15) is 6.33 Å². The number of nitrogens with zero attached hydrogens (tertiary/aromatic N) is 2. The van der Waals surface area contributed by atoms with Gasteiger partial charge in [0.25, 0.3) is 0 Å². The molecule has 0 radical (unpaired) electrons. The standard InChI is InChI=1S/C11H21N3S2/c1-3-7-12-10(2)6-4-5-8-15-11-13-9-14-16-11/h9-10,12H,3-8H2,1-2H3. The van der Waals surface area contributed by atoms with Crippen LogP contribution in [0.2, 0.25) is 0 Å². The summed E-state index contributed by atoms with van der Waals surface area (Å²) < 4.78 is 5.08. The van der Waals surface area contributed by atoms with Crippen molar-refractivity contribution in [3.63, 3.8) is 0 Å². The molecule has 0 aliphatic heterocycles. The number of nitrogens with one attached hydrogen (secondary N) is 1. The van der Waals surface area contributed by atoms with Gasteiger partial charge >= 0.3 is 0 Å². The number of unbranched alkanes of at least 4 members (excludes halogenated alkanes) is 1. The molecule has 0 bridgehead atoms. The Hall–Kier alpha value is -0.130. The maximum Gasteiger partial charge on any atom is 0.169 e. The fraction of sp³-hybridized carbons (Fsp3) is 0.818. The fourth-order valence-electron chi connectivity index (χ4n) is 1.43. The summed E-state index contributed by atoms with van der Waals surface area (Å²) in [5.41, 5.74) is 0. The van der Waals surface area contributed by atoms with Crippen molar-refractivity contribution in [1.29, 1.82) is 0 Å². The molecule has 0 aliphatic rings. The van der Waals surface area contributed by atoms with Crippen molar-refractivity contribution in [3.05, 3.63) is 6.33 Å². The van der Waals surface area contributed by atoms with E-state index in [2.05, 4.69) is 28.5 Å². The Bertz CT molecular complexity index is 252. The molecule has 1 aromatic heterocycles. The van der Waals surface area contributed by atoms with Crippen LogP contribution in [-0.4, -0.2) is 27.7 Å². The molecule has 16 heavy (non-hydrogen) atoms. The zero-order chi connectivity index (χ0) is 11.6. The van der Waals surface area contributed by atoms with Gasteiger partial charge in [-0.25, -0.2) is 4.98 Å². The number of aromatic nitrogens is 2. The zero-order valence-electron chi connectivity index (χ0n) is 10.1. The van der Waals surface area contributed by atoms with Gasteiger partial charge < -0.3 is 5.32 Å². The summed E-state index contributed by atoms with van der Waals surface area (Å²) in [5, 5.41) is 3.51. The first-order chi connectivity index (χ1) is 7.83. The van der Waals surface area contributed by atoms with Crippen molar-refractivity contribution in [3.8, 4) is 0 Å². The van der Waals surface area contributed by atoms with E-state index in [1.54, 1.807) is 6.33 Å². The molecule has 1 N–H and O–H groups in total. The van der Waals surface area contributed by atoms with Crippen LogP contribution in [0.5, 0.6) is 0 Å². The Balaban J connectivity index is 1.91. The molecule has 0 aliphatic carbocycles. The van der Waals surface area contributed by atoms with E-state index in [-0.39, 0.29) is 0 Å². The van der Waals surface area contributed by atoms with Crippen molar-refractivity contribution in [2.45, 2.75) is 49.9 Å². The highest BCUT2D eigenvalue weighted by atomic mass is 32.2. The lowest BCUT2D eigenvalue weighted by Gasteiger charge is -2.12. The van der Waals surface area contributed by atoms with Gasteiger partial charge in [-0.1, -0.05) is 25.1 Å². The molecule has 0 aromatic carbocycles. The minimum Gasteiger partial charge on any atom is -0.314 e. The maximum atomic E-state index is 4.15. The second-order valence-electron chi connectivity index (χ2n) is 3.91. The maximum absolute atomic E-state index is 4.15. The van der Waals surface area contributed by atoms with E-state index in [0.717, 1.165) is 16.6 Å². The molecule has 0 amide bonds. The molecule has 92 valence electrons. The molecule has 1 aromatic rings. The second-order valence-corrected chi connectivity index (χ2v) is 6.03. The smallest absolute Gasteiger partial charge is 0.169 e. The highest BCUT2D eigenvalue weighted by Gasteiger charge is 2.01. The highest BCUT2D eigenvalue weighted by molar-refractivity contribution is 8.00. The van der Waals surface area contributed by atoms with Crippen molar-refractivity contribution >= 4 is 23.3 Å². The molecule has 1 atom stereocenters. The van der Waals surface area contributed by atoms with Crippen LogP contribution in [0.4, 0.5) is 0 Å². The van der Waals surface area contributed by atoms with Crippen LogP contribution in [0.1, 0.15) is 39.5 Å². The molecule has 0 saturated heterocycles. The summed E-state index contributed by atoms with van der Waals surface area (Å²) in [4.78, 5) is 4.15. The van der Waals surface area contributed by atoms with E-state index in [9.17, 15) is 0 Å². The number of hydrogen-bond donors (Lipinski definition) is 1. The fourth-order valence-corrected chi connectivity index (χ4v) is 2.94. The molecule has 1 heterocycles. The lowest BCUT2D eigenvalue weighted by molar-refractivity contribution is 0.496. The van der Waals surface area contributed by atoms with Gasteiger partial charge in [0, 0.05) is 11.8 Å². The molecule has 3 nitrogen and oxygen atoms in total. The van der Waals surface area contributed by atoms with Crippen molar-refractivity contribution in [1.82, 2.24) is 14.7 Å². The zero-order valence-corrected chi connectivity index (χ0v) is 11.7. The molecule has 5 heteroatoms. The summed E-state index contributed by atoms with van der Waals surface area (Å²) in [5.74, 6) is 1.16. The van der Waals surface area contributed by atoms with Crippen LogP contribution >= 0.6 is 23.3 Å². The first-order valence-electron chi connectivity index (χ1n) is 5.95. The van der Waals surface area contributed by atoms with Crippen LogP contribution in [-0.2, 0) is 0 Å². The van der Waals surface area contributed by atoms with Gasteiger partial charge in [-0.05, 0) is 44.3 Å². The quantitative estimate of drug-likeness (QED) is 0.546. The third-order valence-electron chi connectivity index (χ3n) is 2.34. The van der Waals surface area contributed by atoms with Gasteiger partial charge in [0.2, 0.25) is 0 Å². The summed E-state index contributed by atoms with van der Waals surface area (Å²) >= 11 is 3.31. The Morgan fingerprint density at radius 1 is 1.50 bits per heavy atom. The molecule has 1 rings (SSSR count). The Morgan fingerprint density at radius 2 is 2.38 bits per heavy atom. The van der Waals surface area contributed by atoms with Gasteiger partial charge in [0.15, 0.2) is 4.34 Å². The minimum absolute atomic E-state index is 0.659. The first-order valence-corrected chi connectivity index (χ1v) is 7.71. The van der Waals surface area contributed by atoms with Crippen LogP contribution in [0, 0.1) is 0 Å². The second kappa shape index (κ2) is 8.96. The minimum atomic E-state index is 0.659. The van der Waals surface area contributed by atoms with E-state index < -0.39 is 0 Å². The molecular formula is C11H21N3S2. The predicted molar refractivity (Wildman–Crippen MR) is 72.2 cm³/mol. The normalized spacial score (nSPS) is 12.9. The van der Waals surface area contributed by atoms with Crippen molar-refractivity contribution < 1.29 is 0 Å². The average molecular weight is 259 g/mol. The predicted octanol–water partition coefficient (Wildman–Crippen LogP) is 3.19. The Labute approximate surface area is 107 Å². The third kappa shape index (κ3) is 6.45. The SMILES string of the molecule is CCCNC(C)CCCCSc1ncns1. The summed E-state index contributed by atoms with van der Waals surface area (Å²) in [6.45, 7) is 5.62. The average Bonchev–Trinajstić information content (AvgIpc) is 2.79. The number of rotatable bonds is 9. The van der Waals surface area contributed by atoms with Crippen molar-refractivity contribution in [2.24, 2.45) is 0 Å². The highest BCUT2D eigenvalue weighted by Crippen LogP contribution is 2.19. The summed E-state index contributed by atoms with van der Waals surface area (Å²) in [6.07, 6.45) is 6.68. The van der Waals surface area contributed by atoms with E-state index in [4.69, 9.17) is 0 Å². The van der Waals surface area contributed by atoms with Gasteiger partial charge in [-0.3, -0.25) is 0 Å². The van der Waals surface area contributed by atoms with Crippen LogP contribution in [0.25, 0.3) is 0 Å². The van der Waals surface area contributed by atoms with Gasteiger partial charge in [0.05, 0.1) is 0 Å². The Kier molecular flexibility index (Phi) is 7.80. The number of hydrogen-bond acceptors (Lipinski definition) is 5. The third-order valence-corrected chi connectivity index (χ3v) is 4.22. The van der Waals surface area contributed by atoms with Gasteiger partial charge in [-0.15, -0.1) is 0 Å². The lowest BCUT2D eigenvalue weighted by atomic mass is 10.1. The van der Waals surface area contributed by atoms with E-state index in [0.29, 0.717) is 6.04 Å². The monoisotopic (exact) mass is 259 g/mol. The van der Waals surface area contributed by atoms with Crippen LogP contribution in [0.15, 0.2) is 10.7 Å². The van der Waals surface area contributed by atoms with Crippen molar-refractivity contribution in [2.75, 3.05) is 12.3 Å². The molecule has 0 fully saturated rings. The molecule has 0 saturated carbocycles. The Morgan fingerprint density at radius 3 is 3.06 bits per heavy atom. The summed E-state index contributed by atoms with van der Waals surface area (Å²) in [6, 6.07) is 0.659. The molecule has 0 spiro atoms. The van der Waals surface area contributed by atoms with E-state index in [1.807, 2.05) is 11.8 Å². The van der Waals surface area contributed by atoms with E-state index >= 15 is 0 Å². The summed E-state index contributed by atoms with van der Waals surface area (Å²) in [7, 11) is 0. The number of thioether (sulfide) groups is 1. The molecular weight excluding hydrogens is 238 g/mol. The van der Waals surface area contributed by atoms with E-state index in [1.165, 1.54) is 37.2 Å². The topological polar surface area (TPSA) is 37.8 Å². The van der Waals surface area contributed by atoms with Gasteiger partial charge in [-0.2, -0.15) is 4.37 Å². The van der Waals surface area contributed by atoms with Crippen LogP contribution in [0.3, 0.4) is 0 Å².